The third-order valence-corrected chi connectivity index (χ3v) is 2.83. The van der Waals surface area contributed by atoms with Gasteiger partial charge in [-0.25, -0.2) is 4.39 Å². The Bertz CT molecular complexity index is 689. The molecule has 4 nitrogen and oxygen atoms in total. The standard InChI is InChI=1S/C14H12FN3O/c15-11-5-2-1-4-10(11)8-18-9-12(16)14(17-18)13-6-3-7-19-13/h1-7,9H,8,16H2. The zero-order chi connectivity index (χ0) is 13.2. The second-order valence-corrected chi connectivity index (χ2v) is 4.20. The van der Waals surface area contributed by atoms with Gasteiger partial charge in [0.2, 0.25) is 0 Å². The molecule has 96 valence electrons. The van der Waals surface area contributed by atoms with Crippen LogP contribution in [0.25, 0.3) is 11.5 Å². The maximum atomic E-state index is 13.6. The molecule has 3 rings (SSSR count). The van der Waals surface area contributed by atoms with Gasteiger partial charge >= 0.3 is 0 Å². The van der Waals surface area contributed by atoms with Gasteiger partial charge in [0.25, 0.3) is 0 Å². The molecule has 0 aliphatic carbocycles. The van der Waals surface area contributed by atoms with Gasteiger partial charge in [-0.15, -0.1) is 0 Å². The molecule has 0 atom stereocenters. The maximum absolute atomic E-state index is 13.6. The molecule has 19 heavy (non-hydrogen) atoms. The summed E-state index contributed by atoms with van der Waals surface area (Å²) in [6, 6.07) is 10.1. The predicted molar refractivity (Wildman–Crippen MR) is 69.8 cm³/mol. The normalized spacial score (nSPS) is 10.8. The monoisotopic (exact) mass is 257 g/mol. The van der Waals surface area contributed by atoms with Crippen molar-refractivity contribution >= 4 is 5.69 Å². The Hall–Kier alpha value is -2.56. The summed E-state index contributed by atoms with van der Waals surface area (Å²) in [4.78, 5) is 0. The molecule has 2 aromatic heterocycles. The summed E-state index contributed by atoms with van der Waals surface area (Å²) in [6.07, 6.45) is 3.23. The molecule has 2 heterocycles. The maximum Gasteiger partial charge on any atom is 0.156 e. The van der Waals surface area contributed by atoms with Crippen LogP contribution in [-0.4, -0.2) is 9.78 Å². The van der Waals surface area contributed by atoms with Crippen molar-refractivity contribution in [1.29, 1.82) is 0 Å². The van der Waals surface area contributed by atoms with Gasteiger partial charge in [-0.05, 0) is 18.2 Å². The minimum atomic E-state index is -0.254. The molecule has 5 heteroatoms. The molecule has 2 N–H and O–H groups in total. The topological polar surface area (TPSA) is 57.0 Å². The average molecular weight is 257 g/mol. The lowest BCUT2D eigenvalue weighted by Gasteiger charge is -2.02. The molecule has 0 spiro atoms. The molecule has 0 radical (unpaired) electrons. The van der Waals surface area contributed by atoms with Gasteiger partial charge in [0.05, 0.1) is 18.5 Å². The quantitative estimate of drug-likeness (QED) is 0.784. The summed E-state index contributed by atoms with van der Waals surface area (Å²) in [6.45, 7) is 0.331. The van der Waals surface area contributed by atoms with Gasteiger partial charge in [0.1, 0.15) is 5.82 Å². The van der Waals surface area contributed by atoms with Crippen molar-refractivity contribution in [2.45, 2.75) is 6.54 Å². The van der Waals surface area contributed by atoms with Crippen LogP contribution >= 0.6 is 0 Å². The minimum absolute atomic E-state index is 0.254. The number of nitrogens with zero attached hydrogens (tertiary/aromatic N) is 2. The highest BCUT2D eigenvalue weighted by Gasteiger charge is 2.11. The molecular formula is C14H12FN3O. The zero-order valence-corrected chi connectivity index (χ0v) is 10.1. The first-order valence-corrected chi connectivity index (χ1v) is 5.84. The van der Waals surface area contributed by atoms with Crippen molar-refractivity contribution in [3.63, 3.8) is 0 Å². The first-order valence-electron chi connectivity index (χ1n) is 5.84. The van der Waals surface area contributed by atoms with Crippen molar-refractivity contribution in [2.75, 3.05) is 5.73 Å². The van der Waals surface area contributed by atoms with E-state index in [-0.39, 0.29) is 5.82 Å². The predicted octanol–water partition coefficient (Wildman–Crippen LogP) is 2.91. The van der Waals surface area contributed by atoms with E-state index in [0.29, 0.717) is 29.2 Å². The molecule has 0 aliphatic rings. The van der Waals surface area contributed by atoms with Crippen molar-refractivity contribution in [3.8, 4) is 11.5 Å². The Morgan fingerprint density at radius 1 is 1.21 bits per heavy atom. The van der Waals surface area contributed by atoms with E-state index in [4.69, 9.17) is 10.2 Å². The van der Waals surface area contributed by atoms with Crippen LogP contribution in [-0.2, 0) is 6.54 Å². The fourth-order valence-electron chi connectivity index (χ4n) is 1.92. The Kier molecular flexibility index (Phi) is 2.79. The van der Waals surface area contributed by atoms with E-state index in [1.165, 1.54) is 6.07 Å². The van der Waals surface area contributed by atoms with Crippen molar-refractivity contribution in [3.05, 3.63) is 60.2 Å². The van der Waals surface area contributed by atoms with E-state index in [1.807, 2.05) is 0 Å². The number of benzene rings is 1. The van der Waals surface area contributed by atoms with E-state index >= 15 is 0 Å². The van der Waals surface area contributed by atoms with Crippen LogP contribution in [0, 0.1) is 5.82 Å². The van der Waals surface area contributed by atoms with Crippen LogP contribution in [0.4, 0.5) is 10.1 Å². The highest BCUT2D eigenvalue weighted by atomic mass is 19.1. The summed E-state index contributed by atoms with van der Waals surface area (Å²) < 4.78 is 20.4. The zero-order valence-electron chi connectivity index (χ0n) is 10.1. The van der Waals surface area contributed by atoms with Gasteiger partial charge in [-0.3, -0.25) is 4.68 Å². The first kappa shape index (κ1) is 11.5. The van der Waals surface area contributed by atoms with Crippen LogP contribution in [0.1, 0.15) is 5.56 Å². The lowest BCUT2D eigenvalue weighted by Crippen LogP contribution is -2.02. The van der Waals surface area contributed by atoms with E-state index in [9.17, 15) is 4.39 Å². The first-order chi connectivity index (χ1) is 9.24. The van der Waals surface area contributed by atoms with Gasteiger partial charge < -0.3 is 10.2 Å². The number of rotatable bonds is 3. The number of anilines is 1. The highest BCUT2D eigenvalue weighted by Crippen LogP contribution is 2.24. The molecule has 1 aromatic carbocycles. The fourth-order valence-corrected chi connectivity index (χ4v) is 1.92. The van der Waals surface area contributed by atoms with Gasteiger partial charge in [0, 0.05) is 11.8 Å². The minimum Gasteiger partial charge on any atom is -0.463 e. The number of hydrogen-bond donors (Lipinski definition) is 1. The smallest absolute Gasteiger partial charge is 0.156 e. The molecular weight excluding hydrogens is 245 g/mol. The van der Waals surface area contributed by atoms with Crippen molar-refractivity contribution in [1.82, 2.24) is 9.78 Å². The van der Waals surface area contributed by atoms with Gasteiger partial charge in [0.15, 0.2) is 11.5 Å². The summed E-state index contributed by atoms with van der Waals surface area (Å²) in [5.74, 6) is 0.348. The fraction of sp³-hybridized carbons (Fsp3) is 0.0714. The molecule has 0 bridgehead atoms. The molecule has 0 unspecified atom stereocenters. The summed E-state index contributed by atoms with van der Waals surface area (Å²) in [7, 11) is 0. The number of halogens is 1. The second-order valence-electron chi connectivity index (χ2n) is 4.20. The molecule has 0 saturated carbocycles. The van der Waals surface area contributed by atoms with Gasteiger partial charge in [-0.2, -0.15) is 5.10 Å². The van der Waals surface area contributed by atoms with Crippen LogP contribution in [0.3, 0.4) is 0 Å². The average Bonchev–Trinajstić information content (AvgIpc) is 3.01. The number of nitrogen functional groups attached to an aromatic ring is 1. The van der Waals surface area contributed by atoms with Crippen molar-refractivity contribution < 1.29 is 8.81 Å². The Morgan fingerprint density at radius 3 is 2.79 bits per heavy atom. The second kappa shape index (κ2) is 4.61. The van der Waals surface area contributed by atoms with E-state index in [2.05, 4.69) is 5.10 Å². The van der Waals surface area contributed by atoms with Gasteiger partial charge in [-0.1, -0.05) is 18.2 Å². The molecule has 0 amide bonds. The van der Waals surface area contributed by atoms with Crippen LogP contribution in [0.15, 0.2) is 53.3 Å². The summed E-state index contributed by atoms with van der Waals surface area (Å²) >= 11 is 0. The molecule has 0 aliphatic heterocycles. The number of hydrogen-bond acceptors (Lipinski definition) is 3. The number of furan rings is 1. The lowest BCUT2D eigenvalue weighted by molar-refractivity contribution is 0.571. The van der Waals surface area contributed by atoms with Crippen molar-refractivity contribution in [2.24, 2.45) is 0 Å². The molecule has 0 fully saturated rings. The van der Waals surface area contributed by atoms with E-state index in [0.717, 1.165) is 0 Å². The summed E-state index contributed by atoms with van der Waals surface area (Å²) in [5, 5.41) is 4.32. The van der Waals surface area contributed by atoms with E-state index < -0.39 is 0 Å². The largest absolute Gasteiger partial charge is 0.463 e. The van der Waals surface area contributed by atoms with Crippen LogP contribution in [0.5, 0.6) is 0 Å². The van der Waals surface area contributed by atoms with E-state index in [1.54, 1.807) is 47.5 Å². The summed E-state index contributed by atoms with van der Waals surface area (Å²) in [5.41, 5.74) is 7.53. The molecule has 0 saturated heterocycles. The third-order valence-electron chi connectivity index (χ3n) is 2.83. The Labute approximate surface area is 109 Å². The number of nitrogens with two attached hydrogens (primary N) is 1. The van der Waals surface area contributed by atoms with Crippen LogP contribution < -0.4 is 5.73 Å². The number of aromatic nitrogens is 2. The third kappa shape index (κ3) is 2.22. The Balaban J connectivity index is 1.91. The Morgan fingerprint density at radius 2 is 2.05 bits per heavy atom. The molecule has 3 aromatic rings. The van der Waals surface area contributed by atoms with Crippen LogP contribution in [0.2, 0.25) is 0 Å². The highest BCUT2D eigenvalue weighted by molar-refractivity contribution is 5.67. The lowest BCUT2D eigenvalue weighted by atomic mass is 10.2. The SMILES string of the molecule is Nc1cn(Cc2ccccc2F)nc1-c1ccco1.